The van der Waals surface area contributed by atoms with Crippen LogP contribution in [0.4, 0.5) is 0 Å². The van der Waals surface area contributed by atoms with E-state index in [2.05, 4.69) is 9.47 Å². The summed E-state index contributed by atoms with van der Waals surface area (Å²) in [6, 6.07) is 0. The highest BCUT2D eigenvalue weighted by Gasteiger charge is 1.94. The van der Waals surface area contributed by atoms with Crippen molar-refractivity contribution in [1.29, 1.82) is 0 Å². The molecular formula is H3NO4S. The summed E-state index contributed by atoms with van der Waals surface area (Å²) in [4.78, 5) is 0. The van der Waals surface area contributed by atoms with Gasteiger partial charge in [-0.25, -0.2) is 10.4 Å². The van der Waals surface area contributed by atoms with Crippen LogP contribution in [0.25, 0.3) is 0 Å². The van der Waals surface area contributed by atoms with E-state index in [1.54, 1.807) is 0 Å². The summed E-state index contributed by atoms with van der Waals surface area (Å²) < 4.78 is 21.3. The summed E-state index contributed by atoms with van der Waals surface area (Å²) in [6.07, 6.45) is 0. The van der Waals surface area contributed by atoms with Crippen LogP contribution in [-0.2, 0) is 14.6 Å². The van der Waals surface area contributed by atoms with Gasteiger partial charge in [0.05, 0.1) is 0 Å². The number of hydrogen-bond acceptors (Lipinski definition) is 4. The van der Waals surface area contributed by atoms with Crippen molar-refractivity contribution < 1.29 is 18.0 Å². The molecule has 6 heavy (non-hydrogen) atoms. The number of rotatable bonds is 1. The van der Waals surface area contributed by atoms with E-state index in [4.69, 9.17) is 5.26 Å². The first-order valence-corrected chi connectivity index (χ1v) is 2.39. The van der Waals surface area contributed by atoms with Crippen molar-refractivity contribution in [1.82, 2.24) is 0 Å². The summed E-state index contributed by atoms with van der Waals surface area (Å²) in [5.41, 5.74) is 0. The van der Waals surface area contributed by atoms with Gasteiger partial charge >= 0.3 is 10.3 Å². The first-order valence-electron chi connectivity index (χ1n) is 0.918. The smallest absolute Gasteiger partial charge is 0.234 e. The van der Waals surface area contributed by atoms with Gasteiger partial charge in [-0.3, -0.25) is 0 Å². The Morgan fingerprint density at radius 1 is 1.67 bits per heavy atom. The Morgan fingerprint density at radius 3 is 1.83 bits per heavy atom. The van der Waals surface area contributed by atoms with Gasteiger partial charge in [-0.15, -0.1) is 0 Å². The van der Waals surface area contributed by atoms with Gasteiger partial charge in [0.1, 0.15) is 0 Å². The van der Waals surface area contributed by atoms with E-state index in [1.807, 2.05) is 0 Å². The molecular weight excluding hydrogens is 110 g/mol. The first kappa shape index (κ1) is 5.83. The molecule has 0 rings (SSSR count). The normalized spacial score (nSPS) is 11.7. The van der Waals surface area contributed by atoms with Gasteiger partial charge in [-0.05, 0) is 0 Å². The van der Waals surface area contributed by atoms with Gasteiger partial charge in [-0.2, -0.15) is 8.42 Å². The summed E-state index contributed by atoms with van der Waals surface area (Å²) in [7, 11) is -4.11. The Kier molecular flexibility index (Phi) is 1.48. The van der Waals surface area contributed by atoms with Gasteiger partial charge in [-0.1, -0.05) is 4.33 Å². The second-order valence-electron chi connectivity index (χ2n) is 0.567. The highest BCUT2D eigenvalue weighted by molar-refractivity contribution is 7.84. The SMILES string of the molecule is NS(=O)(=O)OO. The molecule has 0 fully saturated rings. The minimum atomic E-state index is -4.11. The Balaban J connectivity index is 3.85. The van der Waals surface area contributed by atoms with Crippen molar-refractivity contribution in [2.75, 3.05) is 0 Å². The summed E-state index contributed by atoms with van der Waals surface area (Å²) in [5, 5.41) is 11.2. The van der Waals surface area contributed by atoms with Crippen molar-refractivity contribution in [3.63, 3.8) is 0 Å². The highest BCUT2D eigenvalue weighted by Crippen LogP contribution is 1.68. The van der Waals surface area contributed by atoms with Crippen LogP contribution in [0.3, 0.4) is 0 Å². The fraction of sp³-hybridized carbons (Fsp3) is 0. The molecule has 38 valence electrons. The number of nitrogens with two attached hydrogens (primary N) is 1. The molecule has 0 atom stereocenters. The van der Waals surface area contributed by atoms with Crippen molar-refractivity contribution in [2.24, 2.45) is 5.14 Å². The number of hydrogen-bond donors (Lipinski definition) is 2. The molecule has 0 unspecified atom stereocenters. The lowest BCUT2D eigenvalue weighted by atomic mass is 13.9. The minimum Gasteiger partial charge on any atom is -0.234 e. The average Bonchev–Trinajstić information content (AvgIpc) is 1.35. The van der Waals surface area contributed by atoms with Gasteiger partial charge in [0.2, 0.25) is 0 Å². The molecule has 0 amide bonds. The fourth-order valence-corrected chi connectivity index (χ4v) is 0. The fourth-order valence-electron chi connectivity index (χ4n) is 0. The van der Waals surface area contributed by atoms with Crippen LogP contribution in [0.5, 0.6) is 0 Å². The maximum Gasteiger partial charge on any atom is 0.359 e. The highest BCUT2D eigenvalue weighted by atomic mass is 32.2. The van der Waals surface area contributed by atoms with Gasteiger partial charge in [0, 0.05) is 0 Å². The van der Waals surface area contributed by atoms with Crippen molar-refractivity contribution in [3.8, 4) is 0 Å². The molecule has 3 N–H and O–H groups in total. The van der Waals surface area contributed by atoms with Crippen LogP contribution < -0.4 is 5.14 Å². The summed E-state index contributed by atoms with van der Waals surface area (Å²) in [5.74, 6) is 0. The van der Waals surface area contributed by atoms with E-state index in [-0.39, 0.29) is 0 Å². The Hall–Kier alpha value is -0.170. The topological polar surface area (TPSA) is 89.6 Å². The predicted molar refractivity (Wildman–Crippen MR) is 16.8 cm³/mol. The molecule has 0 aromatic rings. The standard InChI is InChI=1S/H3NO4S/c1-6(3,4)5-2/h2H,(H2,1,3,4). The van der Waals surface area contributed by atoms with E-state index in [1.165, 1.54) is 0 Å². The molecule has 0 radical (unpaired) electrons. The van der Waals surface area contributed by atoms with Crippen molar-refractivity contribution in [3.05, 3.63) is 0 Å². The van der Waals surface area contributed by atoms with Crippen LogP contribution in [0, 0.1) is 0 Å². The quantitative estimate of drug-likeness (QED) is 0.326. The Bertz CT molecular complexity index is 110. The molecule has 0 aliphatic heterocycles. The Labute approximate surface area is 34.5 Å². The molecule has 0 heterocycles. The van der Waals surface area contributed by atoms with E-state index in [9.17, 15) is 8.42 Å². The first-order chi connectivity index (χ1) is 2.56. The minimum absolute atomic E-state index is 2.69. The summed E-state index contributed by atoms with van der Waals surface area (Å²) in [6.45, 7) is 0. The molecule has 0 aromatic heterocycles. The lowest BCUT2D eigenvalue weighted by molar-refractivity contribution is -0.130. The van der Waals surface area contributed by atoms with Gasteiger partial charge in [0.15, 0.2) is 0 Å². The maximum absolute atomic E-state index is 9.31. The zero-order valence-corrected chi connectivity index (χ0v) is 3.47. The maximum atomic E-state index is 9.31. The molecule has 6 heteroatoms. The van der Waals surface area contributed by atoms with E-state index >= 15 is 0 Å². The van der Waals surface area contributed by atoms with Crippen LogP contribution in [0.15, 0.2) is 0 Å². The monoisotopic (exact) mass is 113 g/mol. The van der Waals surface area contributed by atoms with Gasteiger partial charge in [0.25, 0.3) is 0 Å². The second kappa shape index (κ2) is 1.52. The molecule has 0 saturated carbocycles. The van der Waals surface area contributed by atoms with Gasteiger partial charge < -0.3 is 0 Å². The van der Waals surface area contributed by atoms with Crippen molar-refractivity contribution >= 4 is 10.3 Å². The predicted octanol–water partition coefficient (Wildman–Crippen LogP) is -1.32. The molecule has 0 aliphatic rings. The van der Waals surface area contributed by atoms with Crippen LogP contribution in [-0.4, -0.2) is 13.7 Å². The lowest BCUT2D eigenvalue weighted by Gasteiger charge is -1.81. The van der Waals surface area contributed by atoms with Crippen LogP contribution in [0.2, 0.25) is 0 Å². The van der Waals surface area contributed by atoms with Crippen LogP contribution in [0.1, 0.15) is 0 Å². The molecule has 5 nitrogen and oxygen atoms in total. The molecule has 0 bridgehead atoms. The molecule has 0 aromatic carbocycles. The third-order valence-electron chi connectivity index (χ3n) is 0.104. The lowest BCUT2D eigenvalue weighted by Crippen LogP contribution is -2.12. The molecule has 0 spiro atoms. The zero-order chi connectivity index (χ0) is 5.21. The zero-order valence-electron chi connectivity index (χ0n) is 2.66. The van der Waals surface area contributed by atoms with E-state index in [0.29, 0.717) is 0 Å². The van der Waals surface area contributed by atoms with E-state index in [0.717, 1.165) is 0 Å². The second-order valence-corrected chi connectivity index (χ2v) is 1.70. The third-order valence-corrected chi connectivity index (χ3v) is 0.312. The van der Waals surface area contributed by atoms with E-state index < -0.39 is 10.3 Å². The van der Waals surface area contributed by atoms with Crippen LogP contribution >= 0.6 is 0 Å². The third kappa shape index (κ3) is 3.83. The Morgan fingerprint density at radius 2 is 1.83 bits per heavy atom. The van der Waals surface area contributed by atoms with Crippen molar-refractivity contribution in [2.45, 2.75) is 0 Å². The molecule has 0 aliphatic carbocycles. The summed E-state index contributed by atoms with van der Waals surface area (Å²) >= 11 is 0. The largest absolute Gasteiger partial charge is 0.359 e. The average molecular weight is 113 g/mol. The molecule has 0 saturated heterocycles.